The van der Waals surface area contributed by atoms with Gasteiger partial charge in [0.05, 0.1) is 24.9 Å². The van der Waals surface area contributed by atoms with E-state index in [1.54, 1.807) is 12.0 Å². The van der Waals surface area contributed by atoms with Crippen molar-refractivity contribution >= 4 is 22.6 Å². The Morgan fingerprint density at radius 1 is 1.11 bits per heavy atom. The van der Waals surface area contributed by atoms with Crippen LogP contribution in [0.5, 0.6) is 11.6 Å². The lowest BCUT2D eigenvalue weighted by atomic mass is 10.2. The second-order valence-corrected chi connectivity index (χ2v) is 6.45. The van der Waals surface area contributed by atoms with Crippen molar-refractivity contribution in [1.82, 2.24) is 9.88 Å². The summed E-state index contributed by atoms with van der Waals surface area (Å²) in [6, 6.07) is 19.0. The number of nitrogens with zero attached hydrogens (tertiary/aromatic N) is 2. The fraction of sp³-hybridized carbons (Fsp3) is 0.238. The van der Waals surface area contributed by atoms with E-state index in [1.807, 2.05) is 60.7 Å². The number of pyridine rings is 1. The van der Waals surface area contributed by atoms with Crippen LogP contribution in [0.15, 0.2) is 60.7 Å². The van der Waals surface area contributed by atoms with E-state index >= 15 is 0 Å². The third kappa shape index (κ3) is 3.79. The number of carbonyl (C=O) groups is 1. The van der Waals surface area contributed by atoms with E-state index in [0.29, 0.717) is 30.4 Å². The van der Waals surface area contributed by atoms with Gasteiger partial charge >= 0.3 is 6.03 Å². The number of hydrogen-bond donors (Lipinski definition) is 1. The molecule has 3 aromatic rings. The molecule has 0 spiro atoms. The summed E-state index contributed by atoms with van der Waals surface area (Å²) in [5, 5.41) is 3.98. The number of methoxy groups -OCH3 is 1. The maximum absolute atomic E-state index is 12.5. The Labute approximate surface area is 157 Å². The number of urea groups is 1. The number of benzene rings is 2. The Bertz CT molecular complexity index is 960. The predicted molar refractivity (Wildman–Crippen MR) is 104 cm³/mol. The van der Waals surface area contributed by atoms with Crippen LogP contribution in [0.25, 0.3) is 10.9 Å². The lowest BCUT2D eigenvalue weighted by Crippen LogP contribution is -2.34. The molecule has 1 aliphatic rings. The number of para-hydroxylation sites is 3. The molecule has 1 N–H and O–H groups in total. The van der Waals surface area contributed by atoms with Crippen LogP contribution in [0.3, 0.4) is 0 Å². The minimum absolute atomic E-state index is 0.0675. The summed E-state index contributed by atoms with van der Waals surface area (Å²) < 4.78 is 11.3. The first-order valence-electron chi connectivity index (χ1n) is 8.94. The maximum Gasteiger partial charge on any atom is 0.322 e. The number of ether oxygens (including phenoxy) is 2. The molecule has 0 saturated carbocycles. The van der Waals surface area contributed by atoms with Gasteiger partial charge in [-0.1, -0.05) is 30.3 Å². The Balaban J connectivity index is 1.38. The normalized spacial score (nSPS) is 16.3. The zero-order chi connectivity index (χ0) is 18.6. The molecule has 2 aromatic carbocycles. The van der Waals surface area contributed by atoms with Crippen LogP contribution in [-0.2, 0) is 0 Å². The largest absolute Gasteiger partial charge is 0.495 e. The molecule has 6 nitrogen and oxygen atoms in total. The number of aromatic nitrogens is 1. The van der Waals surface area contributed by atoms with Gasteiger partial charge in [-0.15, -0.1) is 0 Å². The van der Waals surface area contributed by atoms with Crippen LogP contribution >= 0.6 is 0 Å². The van der Waals surface area contributed by atoms with Gasteiger partial charge in [0, 0.05) is 24.4 Å². The predicted octanol–water partition coefficient (Wildman–Crippen LogP) is 3.93. The number of likely N-dealkylation sites (tertiary alicyclic amines) is 1. The Morgan fingerprint density at radius 2 is 1.93 bits per heavy atom. The zero-order valence-corrected chi connectivity index (χ0v) is 15.1. The van der Waals surface area contributed by atoms with Gasteiger partial charge in [0.2, 0.25) is 5.88 Å². The van der Waals surface area contributed by atoms with Gasteiger partial charge in [-0.2, -0.15) is 0 Å². The molecule has 138 valence electrons. The first kappa shape index (κ1) is 17.1. The van der Waals surface area contributed by atoms with Crippen LogP contribution in [0.4, 0.5) is 10.5 Å². The number of carbonyl (C=O) groups excluding carboxylic acids is 1. The van der Waals surface area contributed by atoms with E-state index < -0.39 is 0 Å². The summed E-state index contributed by atoms with van der Waals surface area (Å²) in [6.07, 6.45) is 0.704. The quantitative estimate of drug-likeness (QED) is 0.763. The number of fused-ring (bicyclic) bond motifs is 1. The first-order chi connectivity index (χ1) is 13.2. The average molecular weight is 363 g/mol. The number of hydrogen-bond acceptors (Lipinski definition) is 4. The molecular formula is C21H21N3O3. The van der Waals surface area contributed by atoms with E-state index in [9.17, 15) is 4.79 Å². The molecule has 6 heteroatoms. The minimum Gasteiger partial charge on any atom is -0.495 e. The molecule has 0 aliphatic carbocycles. The second kappa shape index (κ2) is 7.53. The SMILES string of the molecule is COc1ccccc1NC(=O)N1CCC(Oc2ccc3ccccc3n2)C1. The lowest BCUT2D eigenvalue weighted by Gasteiger charge is -2.18. The summed E-state index contributed by atoms with van der Waals surface area (Å²) in [7, 11) is 1.58. The third-order valence-corrected chi connectivity index (χ3v) is 4.64. The third-order valence-electron chi connectivity index (χ3n) is 4.64. The molecule has 27 heavy (non-hydrogen) atoms. The van der Waals surface area contributed by atoms with E-state index in [1.165, 1.54) is 0 Å². The number of anilines is 1. The molecule has 2 amide bonds. The van der Waals surface area contributed by atoms with Crippen molar-refractivity contribution in [1.29, 1.82) is 0 Å². The molecule has 1 saturated heterocycles. The highest BCUT2D eigenvalue weighted by Crippen LogP contribution is 2.25. The highest BCUT2D eigenvalue weighted by atomic mass is 16.5. The van der Waals surface area contributed by atoms with Gasteiger partial charge in [0.25, 0.3) is 0 Å². The fourth-order valence-corrected chi connectivity index (χ4v) is 3.23. The van der Waals surface area contributed by atoms with E-state index in [0.717, 1.165) is 17.3 Å². The lowest BCUT2D eigenvalue weighted by molar-refractivity contribution is 0.190. The summed E-state index contributed by atoms with van der Waals surface area (Å²) >= 11 is 0. The van der Waals surface area contributed by atoms with Crippen LogP contribution < -0.4 is 14.8 Å². The van der Waals surface area contributed by atoms with Gasteiger partial charge in [-0.3, -0.25) is 0 Å². The second-order valence-electron chi connectivity index (χ2n) is 6.45. The van der Waals surface area contributed by atoms with Gasteiger partial charge in [-0.05, 0) is 24.3 Å². The number of amides is 2. The van der Waals surface area contributed by atoms with Crippen molar-refractivity contribution in [2.45, 2.75) is 12.5 Å². The van der Waals surface area contributed by atoms with Gasteiger partial charge < -0.3 is 19.7 Å². The van der Waals surface area contributed by atoms with Crippen LogP contribution in [0.1, 0.15) is 6.42 Å². The van der Waals surface area contributed by atoms with Crippen molar-refractivity contribution in [2.75, 3.05) is 25.5 Å². The molecule has 4 rings (SSSR count). The first-order valence-corrected chi connectivity index (χ1v) is 8.94. The zero-order valence-electron chi connectivity index (χ0n) is 15.1. The maximum atomic E-state index is 12.5. The standard InChI is InChI=1S/C21H21N3O3/c1-26-19-9-5-4-8-18(19)23-21(25)24-13-12-16(14-24)27-20-11-10-15-6-2-3-7-17(15)22-20/h2-11,16H,12-14H2,1H3,(H,23,25). The topological polar surface area (TPSA) is 63.7 Å². The van der Waals surface area contributed by atoms with E-state index in [4.69, 9.17) is 9.47 Å². The molecule has 1 unspecified atom stereocenters. The summed E-state index contributed by atoms with van der Waals surface area (Å²) in [5.74, 6) is 1.23. The van der Waals surface area contributed by atoms with Crippen molar-refractivity contribution in [3.05, 3.63) is 60.7 Å². The van der Waals surface area contributed by atoms with Crippen molar-refractivity contribution in [3.63, 3.8) is 0 Å². The smallest absolute Gasteiger partial charge is 0.322 e. The molecule has 2 heterocycles. The molecular weight excluding hydrogens is 342 g/mol. The molecule has 1 fully saturated rings. The monoisotopic (exact) mass is 363 g/mol. The Kier molecular flexibility index (Phi) is 4.78. The molecule has 1 aliphatic heterocycles. The van der Waals surface area contributed by atoms with Crippen LogP contribution in [0, 0.1) is 0 Å². The molecule has 0 radical (unpaired) electrons. The fourth-order valence-electron chi connectivity index (χ4n) is 3.23. The van der Waals surface area contributed by atoms with Crippen LogP contribution in [-0.4, -0.2) is 42.2 Å². The van der Waals surface area contributed by atoms with Crippen molar-refractivity contribution < 1.29 is 14.3 Å². The van der Waals surface area contributed by atoms with Gasteiger partial charge in [-0.25, -0.2) is 9.78 Å². The highest BCUT2D eigenvalue weighted by Gasteiger charge is 2.28. The van der Waals surface area contributed by atoms with E-state index in [-0.39, 0.29) is 12.1 Å². The number of rotatable bonds is 4. The van der Waals surface area contributed by atoms with E-state index in [2.05, 4.69) is 10.3 Å². The molecule has 0 bridgehead atoms. The van der Waals surface area contributed by atoms with Crippen LogP contribution in [0.2, 0.25) is 0 Å². The summed E-state index contributed by atoms with van der Waals surface area (Å²) in [5.41, 5.74) is 1.56. The summed E-state index contributed by atoms with van der Waals surface area (Å²) in [4.78, 5) is 18.8. The highest BCUT2D eigenvalue weighted by molar-refractivity contribution is 5.91. The molecule has 1 aromatic heterocycles. The average Bonchev–Trinajstić information content (AvgIpc) is 3.17. The Hall–Kier alpha value is -3.28. The molecule has 1 atom stereocenters. The summed E-state index contributed by atoms with van der Waals surface area (Å²) in [6.45, 7) is 1.16. The van der Waals surface area contributed by atoms with Gasteiger partial charge in [0.1, 0.15) is 11.9 Å². The van der Waals surface area contributed by atoms with Gasteiger partial charge in [0.15, 0.2) is 0 Å². The minimum atomic E-state index is -0.155. The number of nitrogens with one attached hydrogen (secondary N) is 1. The van der Waals surface area contributed by atoms with Crippen molar-refractivity contribution in [3.8, 4) is 11.6 Å². The van der Waals surface area contributed by atoms with Crippen molar-refractivity contribution in [2.24, 2.45) is 0 Å². The Morgan fingerprint density at radius 3 is 2.81 bits per heavy atom.